The normalized spacial score (nSPS) is 17.2. The first-order chi connectivity index (χ1) is 22.7. The lowest BCUT2D eigenvalue weighted by Crippen LogP contribution is -2.55. The van der Waals surface area contributed by atoms with Gasteiger partial charge in [-0.2, -0.15) is 5.10 Å². The van der Waals surface area contributed by atoms with Crippen molar-refractivity contribution >= 4 is 28.5 Å². The van der Waals surface area contributed by atoms with Crippen LogP contribution in [-0.2, 0) is 11.8 Å². The SMILES string of the molecule is C#C[C@@H]1CN(C[C@@H](Oc2cc(C)c(C(=O)Nc3ncc(OC)cc3C)c3cn(C)nc23)c2ccc(C3CC3)cn2)CCN1C(=O)C=C. The van der Waals surface area contributed by atoms with Crippen LogP contribution in [0.4, 0.5) is 5.82 Å². The number of ether oxygens (including phenoxy) is 2. The molecule has 4 heterocycles. The summed E-state index contributed by atoms with van der Waals surface area (Å²) in [7, 11) is 3.39. The van der Waals surface area contributed by atoms with E-state index in [4.69, 9.17) is 26.0 Å². The monoisotopic (exact) mass is 633 g/mol. The molecule has 242 valence electrons. The van der Waals surface area contributed by atoms with Crippen molar-refractivity contribution < 1.29 is 19.1 Å². The van der Waals surface area contributed by atoms with E-state index in [1.807, 2.05) is 51.5 Å². The van der Waals surface area contributed by atoms with E-state index in [0.29, 0.717) is 65.9 Å². The number of anilines is 1. The van der Waals surface area contributed by atoms with E-state index in [-0.39, 0.29) is 17.9 Å². The second kappa shape index (κ2) is 13.3. The molecule has 1 saturated carbocycles. The average Bonchev–Trinajstić information content (AvgIpc) is 3.85. The number of methoxy groups -OCH3 is 1. The molecule has 2 aliphatic rings. The Labute approximate surface area is 274 Å². The number of aromatic nitrogens is 4. The summed E-state index contributed by atoms with van der Waals surface area (Å²) in [6.45, 7) is 9.45. The third-order valence-electron chi connectivity index (χ3n) is 8.82. The second-order valence-corrected chi connectivity index (χ2v) is 12.2. The van der Waals surface area contributed by atoms with Crippen molar-refractivity contribution in [2.45, 2.75) is 44.8 Å². The number of carbonyl (C=O) groups excluding carboxylic acids is 2. The molecule has 11 nitrogen and oxygen atoms in total. The number of rotatable bonds is 10. The lowest BCUT2D eigenvalue weighted by molar-refractivity contribution is -0.129. The zero-order chi connectivity index (χ0) is 33.2. The zero-order valence-corrected chi connectivity index (χ0v) is 27.2. The third-order valence-corrected chi connectivity index (χ3v) is 8.82. The maximum Gasteiger partial charge on any atom is 0.257 e. The predicted molar refractivity (Wildman–Crippen MR) is 179 cm³/mol. The number of terminal acetylenes is 1. The summed E-state index contributed by atoms with van der Waals surface area (Å²) in [6, 6.07) is 7.45. The summed E-state index contributed by atoms with van der Waals surface area (Å²) in [5.74, 6) is 4.48. The molecule has 6 rings (SSSR count). The molecular formula is C36H39N7O4. The first-order valence-electron chi connectivity index (χ1n) is 15.7. The van der Waals surface area contributed by atoms with Crippen molar-refractivity contribution in [3.05, 3.63) is 83.5 Å². The van der Waals surface area contributed by atoms with Crippen LogP contribution in [0.15, 0.2) is 55.5 Å². The van der Waals surface area contributed by atoms with E-state index in [1.165, 1.54) is 24.5 Å². The highest BCUT2D eigenvalue weighted by Gasteiger charge is 2.32. The Kier molecular flexibility index (Phi) is 8.96. The third kappa shape index (κ3) is 6.69. The lowest BCUT2D eigenvalue weighted by atomic mass is 10.0. The Morgan fingerprint density at radius 2 is 1.98 bits per heavy atom. The van der Waals surface area contributed by atoms with Crippen molar-refractivity contribution in [1.29, 1.82) is 0 Å². The molecule has 2 fully saturated rings. The summed E-state index contributed by atoms with van der Waals surface area (Å²) in [5.41, 5.74) is 4.56. The van der Waals surface area contributed by atoms with Gasteiger partial charge in [0.05, 0.1) is 24.6 Å². The number of piperazine rings is 1. The molecular weight excluding hydrogens is 594 g/mol. The van der Waals surface area contributed by atoms with Gasteiger partial charge in [0.1, 0.15) is 28.9 Å². The van der Waals surface area contributed by atoms with Crippen LogP contribution in [-0.4, -0.2) is 80.7 Å². The number of nitrogens with one attached hydrogen (secondary N) is 1. The number of aryl methyl sites for hydroxylation is 3. The van der Waals surface area contributed by atoms with Crippen LogP contribution in [0.1, 0.15) is 57.6 Å². The van der Waals surface area contributed by atoms with E-state index in [2.05, 4.69) is 33.8 Å². The lowest BCUT2D eigenvalue weighted by Gasteiger charge is -2.39. The number of fused-ring (bicyclic) bond motifs is 1. The standard InChI is InChI=1S/C36H39N7O4/c1-7-26-19-42(13-14-43(26)32(44)8-2)21-31(29-12-11-25(17-37-29)24-9-10-24)47-30-16-22(3)33(28-20-41(5)40-34(28)30)36(45)39-35-23(4)15-27(46-6)18-38-35/h1,8,11-12,15-18,20,24,26,31H,2,9-10,13-14,19,21H2,3-6H3,(H,38,39,45)/t26-,31-/m1/s1. The van der Waals surface area contributed by atoms with Gasteiger partial charge in [0, 0.05) is 51.0 Å². The van der Waals surface area contributed by atoms with Crippen LogP contribution >= 0.6 is 0 Å². The smallest absolute Gasteiger partial charge is 0.257 e. The Bertz CT molecular complexity index is 1870. The fraction of sp³-hybridized carbons (Fsp3) is 0.361. The highest BCUT2D eigenvalue weighted by Crippen LogP contribution is 2.40. The maximum absolute atomic E-state index is 13.7. The summed E-state index contributed by atoms with van der Waals surface area (Å²) < 4.78 is 13.7. The Morgan fingerprint density at radius 3 is 2.64 bits per heavy atom. The van der Waals surface area contributed by atoms with Gasteiger partial charge in [0.15, 0.2) is 6.10 Å². The molecule has 4 aromatic rings. The molecule has 1 aliphatic carbocycles. The second-order valence-electron chi connectivity index (χ2n) is 12.2. The minimum atomic E-state index is -0.473. The fourth-order valence-corrected chi connectivity index (χ4v) is 6.13. The maximum atomic E-state index is 13.7. The van der Waals surface area contributed by atoms with Crippen molar-refractivity contribution in [1.82, 2.24) is 29.5 Å². The summed E-state index contributed by atoms with van der Waals surface area (Å²) >= 11 is 0. The van der Waals surface area contributed by atoms with Gasteiger partial charge in [0.25, 0.3) is 5.91 Å². The Morgan fingerprint density at radius 1 is 1.17 bits per heavy atom. The molecule has 0 unspecified atom stereocenters. The highest BCUT2D eigenvalue weighted by molar-refractivity contribution is 6.14. The van der Waals surface area contributed by atoms with Gasteiger partial charge in [-0.15, -0.1) is 6.42 Å². The number of carbonyl (C=O) groups is 2. The molecule has 2 amide bonds. The van der Waals surface area contributed by atoms with Crippen LogP contribution in [0.2, 0.25) is 0 Å². The molecule has 1 aromatic carbocycles. The molecule has 11 heteroatoms. The van der Waals surface area contributed by atoms with Gasteiger partial charge in [-0.3, -0.25) is 24.2 Å². The largest absolute Gasteiger partial charge is 0.495 e. The summed E-state index contributed by atoms with van der Waals surface area (Å²) in [4.78, 5) is 39.2. The van der Waals surface area contributed by atoms with Gasteiger partial charge in [-0.1, -0.05) is 18.6 Å². The molecule has 0 bridgehead atoms. The average molecular weight is 634 g/mol. The van der Waals surface area contributed by atoms with Crippen molar-refractivity contribution in [2.24, 2.45) is 7.05 Å². The van der Waals surface area contributed by atoms with E-state index in [9.17, 15) is 9.59 Å². The van der Waals surface area contributed by atoms with Crippen molar-refractivity contribution in [3.63, 3.8) is 0 Å². The van der Waals surface area contributed by atoms with E-state index < -0.39 is 6.10 Å². The number of hydrogen-bond acceptors (Lipinski definition) is 8. The minimum Gasteiger partial charge on any atom is -0.495 e. The van der Waals surface area contributed by atoms with Gasteiger partial charge >= 0.3 is 0 Å². The van der Waals surface area contributed by atoms with Crippen LogP contribution in [0.25, 0.3) is 10.9 Å². The van der Waals surface area contributed by atoms with Crippen LogP contribution in [0, 0.1) is 26.2 Å². The van der Waals surface area contributed by atoms with Gasteiger partial charge in [-0.05, 0) is 73.6 Å². The number of pyridine rings is 2. The van der Waals surface area contributed by atoms with E-state index in [1.54, 1.807) is 22.9 Å². The molecule has 2 atom stereocenters. The predicted octanol–water partition coefficient (Wildman–Crippen LogP) is 4.57. The Hall–Kier alpha value is -5.21. The van der Waals surface area contributed by atoms with E-state index >= 15 is 0 Å². The quantitative estimate of drug-likeness (QED) is 0.200. The Balaban J connectivity index is 1.31. The first-order valence-corrected chi connectivity index (χ1v) is 15.7. The number of amides is 2. The van der Waals surface area contributed by atoms with Crippen molar-refractivity contribution in [3.8, 4) is 23.8 Å². The van der Waals surface area contributed by atoms with Gasteiger partial charge in [-0.25, -0.2) is 4.98 Å². The molecule has 1 saturated heterocycles. The number of benzene rings is 1. The molecule has 0 radical (unpaired) electrons. The molecule has 3 aromatic heterocycles. The van der Waals surface area contributed by atoms with Gasteiger partial charge in [0.2, 0.25) is 5.91 Å². The fourth-order valence-electron chi connectivity index (χ4n) is 6.13. The van der Waals surface area contributed by atoms with Crippen LogP contribution in [0.3, 0.4) is 0 Å². The van der Waals surface area contributed by atoms with Crippen LogP contribution < -0.4 is 14.8 Å². The number of nitrogens with zero attached hydrogens (tertiary/aromatic N) is 6. The molecule has 47 heavy (non-hydrogen) atoms. The summed E-state index contributed by atoms with van der Waals surface area (Å²) in [5, 5.41) is 8.33. The molecule has 1 aliphatic heterocycles. The van der Waals surface area contributed by atoms with Crippen LogP contribution in [0.5, 0.6) is 11.5 Å². The highest BCUT2D eigenvalue weighted by atomic mass is 16.5. The number of hydrogen-bond donors (Lipinski definition) is 1. The zero-order valence-electron chi connectivity index (χ0n) is 27.2. The minimum absolute atomic E-state index is 0.173. The molecule has 1 N–H and O–H groups in total. The van der Waals surface area contributed by atoms with Gasteiger partial charge < -0.3 is 19.7 Å². The topological polar surface area (TPSA) is 115 Å². The summed E-state index contributed by atoms with van der Waals surface area (Å²) in [6.07, 6.45) is 14.4. The molecule has 0 spiro atoms. The first kappa shape index (κ1) is 31.8. The van der Waals surface area contributed by atoms with E-state index in [0.717, 1.165) is 16.8 Å². The van der Waals surface area contributed by atoms with Crippen molar-refractivity contribution in [2.75, 3.05) is 38.6 Å².